The van der Waals surface area contributed by atoms with Crippen LogP contribution in [0.2, 0.25) is 0 Å². The van der Waals surface area contributed by atoms with E-state index < -0.39 is 0 Å². The van der Waals surface area contributed by atoms with Crippen molar-refractivity contribution in [3.05, 3.63) is 41.6 Å². The van der Waals surface area contributed by atoms with Crippen molar-refractivity contribution in [1.29, 1.82) is 0 Å². The van der Waals surface area contributed by atoms with Gasteiger partial charge in [0.15, 0.2) is 0 Å². The highest BCUT2D eigenvalue weighted by Crippen LogP contribution is 2.29. The van der Waals surface area contributed by atoms with Gasteiger partial charge >= 0.3 is 0 Å². The van der Waals surface area contributed by atoms with Crippen LogP contribution in [-0.2, 0) is 10.1 Å². The number of hydrogen-bond acceptors (Lipinski definition) is 3. The maximum absolute atomic E-state index is 5.24. The van der Waals surface area contributed by atoms with Gasteiger partial charge < -0.3 is 9.64 Å². The van der Waals surface area contributed by atoms with Crippen LogP contribution in [0.25, 0.3) is 5.69 Å². The van der Waals surface area contributed by atoms with Gasteiger partial charge in [-0.25, -0.2) is 4.68 Å². The fourth-order valence-corrected chi connectivity index (χ4v) is 3.05. The van der Waals surface area contributed by atoms with Gasteiger partial charge in [0.25, 0.3) is 0 Å². The third-order valence-corrected chi connectivity index (χ3v) is 4.10. The van der Waals surface area contributed by atoms with Crippen molar-refractivity contribution >= 4 is 21.7 Å². The molecular formula is C16H22BrN3O. The van der Waals surface area contributed by atoms with E-state index in [1.54, 1.807) is 7.11 Å². The van der Waals surface area contributed by atoms with Crippen molar-refractivity contribution in [2.75, 3.05) is 31.7 Å². The van der Waals surface area contributed by atoms with E-state index in [1.807, 2.05) is 22.9 Å². The zero-order chi connectivity index (χ0) is 15.2. The Kier molecular flexibility index (Phi) is 5.82. The largest absolute Gasteiger partial charge is 0.383 e. The average molecular weight is 352 g/mol. The number of benzene rings is 1. The van der Waals surface area contributed by atoms with Gasteiger partial charge in [-0.2, -0.15) is 5.10 Å². The summed E-state index contributed by atoms with van der Waals surface area (Å²) in [7, 11) is 1.74. The molecule has 114 valence electrons. The van der Waals surface area contributed by atoms with Gasteiger partial charge in [-0.05, 0) is 26.0 Å². The Morgan fingerprint density at radius 3 is 2.57 bits per heavy atom. The van der Waals surface area contributed by atoms with Crippen LogP contribution in [0.4, 0.5) is 5.82 Å². The second-order valence-electron chi connectivity index (χ2n) is 4.84. The van der Waals surface area contributed by atoms with Crippen molar-refractivity contribution in [2.45, 2.75) is 19.2 Å². The molecule has 0 atom stereocenters. The molecule has 2 aromatic rings. The SMILES string of the molecule is CCN(CCOC)c1c(CBr)c(C)nn1-c1ccccc1. The highest BCUT2D eigenvalue weighted by atomic mass is 79.9. The maximum Gasteiger partial charge on any atom is 0.136 e. The summed E-state index contributed by atoms with van der Waals surface area (Å²) >= 11 is 3.60. The standard InChI is InChI=1S/C16H22BrN3O/c1-4-19(10-11-21-3)16-15(12-17)13(2)18-20(16)14-8-6-5-7-9-14/h5-9H,4,10-12H2,1-3H3. The Morgan fingerprint density at radius 1 is 1.29 bits per heavy atom. The van der Waals surface area contributed by atoms with Gasteiger partial charge in [0.2, 0.25) is 0 Å². The molecule has 4 nitrogen and oxygen atoms in total. The van der Waals surface area contributed by atoms with Crippen LogP contribution < -0.4 is 4.90 Å². The number of likely N-dealkylation sites (N-methyl/N-ethyl adjacent to an activating group) is 1. The molecule has 0 aliphatic rings. The van der Waals surface area contributed by atoms with Crippen LogP contribution in [-0.4, -0.2) is 36.6 Å². The number of rotatable bonds is 7. The summed E-state index contributed by atoms with van der Waals surface area (Å²) in [6.45, 7) is 6.69. The van der Waals surface area contributed by atoms with Crippen LogP contribution in [0.3, 0.4) is 0 Å². The van der Waals surface area contributed by atoms with E-state index in [9.17, 15) is 0 Å². The minimum atomic E-state index is 0.703. The molecule has 0 aliphatic heterocycles. The highest BCUT2D eigenvalue weighted by Gasteiger charge is 2.20. The van der Waals surface area contributed by atoms with Gasteiger partial charge in [0.05, 0.1) is 18.0 Å². The molecule has 2 rings (SSSR count). The molecule has 5 heteroatoms. The molecule has 0 N–H and O–H groups in total. The van der Waals surface area contributed by atoms with Crippen molar-refractivity contribution in [3.63, 3.8) is 0 Å². The summed E-state index contributed by atoms with van der Waals surface area (Å²) in [5, 5.41) is 5.53. The Bertz CT molecular complexity index is 568. The van der Waals surface area contributed by atoms with Crippen LogP contribution in [0, 0.1) is 6.92 Å². The molecular weight excluding hydrogens is 330 g/mol. The molecule has 0 radical (unpaired) electrons. The second kappa shape index (κ2) is 7.61. The molecule has 0 bridgehead atoms. The molecule has 1 aromatic carbocycles. The first-order chi connectivity index (χ1) is 10.2. The average Bonchev–Trinajstić information content (AvgIpc) is 2.86. The third-order valence-electron chi connectivity index (χ3n) is 3.54. The molecule has 1 aromatic heterocycles. The summed E-state index contributed by atoms with van der Waals surface area (Å²) in [6, 6.07) is 10.3. The number of halogens is 1. The highest BCUT2D eigenvalue weighted by molar-refractivity contribution is 9.08. The fraction of sp³-hybridized carbons (Fsp3) is 0.438. The zero-order valence-electron chi connectivity index (χ0n) is 12.8. The smallest absolute Gasteiger partial charge is 0.136 e. The van der Waals surface area contributed by atoms with Crippen molar-refractivity contribution in [3.8, 4) is 5.69 Å². The lowest BCUT2D eigenvalue weighted by atomic mass is 10.2. The van der Waals surface area contributed by atoms with E-state index in [-0.39, 0.29) is 0 Å². The van der Waals surface area contributed by atoms with Gasteiger partial charge in [0, 0.05) is 31.1 Å². The zero-order valence-corrected chi connectivity index (χ0v) is 14.4. The van der Waals surface area contributed by atoms with Crippen molar-refractivity contribution < 1.29 is 4.74 Å². The van der Waals surface area contributed by atoms with Gasteiger partial charge in [0.1, 0.15) is 5.82 Å². The van der Waals surface area contributed by atoms with Crippen LogP contribution in [0.15, 0.2) is 30.3 Å². The number of para-hydroxylation sites is 1. The molecule has 0 amide bonds. The summed E-state index contributed by atoms with van der Waals surface area (Å²) in [6.07, 6.45) is 0. The van der Waals surface area contributed by atoms with Crippen molar-refractivity contribution in [1.82, 2.24) is 9.78 Å². The molecule has 0 spiro atoms. The number of nitrogens with zero attached hydrogens (tertiary/aromatic N) is 3. The van der Waals surface area contributed by atoms with E-state index in [2.05, 4.69) is 46.8 Å². The number of methoxy groups -OCH3 is 1. The predicted molar refractivity (Wildman–Crippen MR) is 90.7 cm³/mol. The Balaban J connectivity index is 2.50. The number of aryl methyl sites for hydroxylation is 1. The first-order valence-corrected chi connectivity index (χ1v) is 8.28. The molecule has 21 heavy (non-hydrogen) atoms. The quantitative estimate of drug-likeness (QED) is 0.714. The van der Waals surface area contributed by atoms with E-state index in [0.717, 1.165) is 35.6 Å². The first kappa shape index (κ1) is 16.0. The normalized spacial score (nSPS) is 10.9. The Hall–Kier alpha value is -1.33. The lowest BCUT2D eigenvalue weighted by Crippen LogP contribution is -2.29. The first-order valence-electron chi connectivity index (χ1n) is 7.16. The molecule has 0 fully saturated rings. The number of alkyl halides is 1. The van der Waals surface area contributed by atoms with Crippen molar-refractivity contribution in [2.24, 2.45) is 0 Å². The molecule has 0 aliphatic carbocycles. The molecule has 0 saturated carbocycles. The van der Waals surface area contributed by atoms with Gasteiger partial charge in [-0.1, -0.05) is 34.1 Å². The molecule has 0 saturated heterocycles. The number of aromatic nitrogens is 2. The number of ether oxygens (including phenoxy) is 1. The van der Waals surface area contributed by atoms with Crippen LogP contribution in [0.5, 0.6) is 0 Å². The predicted octanol–water partition coefficient (Wildman–Crippen LogP) is 3.55. The summed E-state index contributed by atoms with van der Waals surface area (Å²) in [5.41, 5.74) is 3.37. The number of anilines is 1. The fourth-order valence-electron chi connectivity index (χ4n) is 2.39. The van der Waals surface area contributed by atoms with E-state index >= 15 is 0 Å². The minimum absolute atomic E-state index is 0.703. The Labute approximate surface area is 134 Å². The van der Waals surface area contributed by atoms with E-state index in [1.165, 1.54) is 5.56 Å². The van der Waals surface area contributed by atoms with Gasteiger partial charge in [-0.3, -0.25) is 0 Å². The summed E-state index contributed by atoms with van der Waals surface area (Å²) < 4.78 is 7.27. The van der Waals surface area contributed by atoms with Crippen LogP contribution >= 0.6 is 15.9 Å². The molecule has 1 heterocycles. The maximum atomic E-state index is 5.24. The summed E-state index contributed by atoms with van der Waals surface area (Å²) in [4.78, 5) is 2.31. The molecule has 0 unspecified atom stereocenters. The topological polar surface area (TPSA) is 30.3 Å². The third kappa shape index (κ3) is 3.47. The Morgan fingerprint density at radius 2 is 2.00 bits per heavy atom. The van der Waals surface area contributed by atoms with Gasteiger partial charge in [-0.15, -0.1) is 0 Å². The lowest BCUT2D eigenvalue weighted by Gasteiger charge is -2.24. The monoisotopic (exact) mass is 351 g/mol. The summed E-state index contributed by atoms with van der Waals surface area (Å²) in [5.74, 6) is 1.15. The minimum Gasteiger partial charge on any atom is -0.383 e. The lowest BCUT2D eigenvalue weighted by molar-refractivity contribution is 0.205. The van der Waals surface area contributed by atoms with E-state index in [4.69, 9.17) is 9.84 Å². The van der Waals surface area contributed by atoms with Crippen LogP contribution in [0.1, 0.15) is 18.2 Å². The van der Waals surface area contributed by atoms with E-state index in [0.29, 0.717) is 6.61 Å². The second-order valence-corrected chi connectivity index (χ2v) is 5.40. The number of hydrogen-bond donors (Lipinski definition) is 0.